The molecule has 2 heterocycles. The van der Waals surface area contributed by atoms with E-state index in [2.05, 4.69) is 10.3 Å². The standard InChI is InChI=1S/C17H15ClN2O5/c1-10(16(21)20-15-5-3-12(18)9-19-15)25-17(22)11-2-4-13-14(8-11)24-7-6-23-13/h2-5,8-10H,6-7H2,1H3,(H,19,20,21)/t10-/m1/s1. The molecule has 0 radical (unpaired) electrons. The van der Waals surface area contributed by atoms with Crippen LogP contribution in [0.1, 0.15) is 17.3 Å². The highest BCUT2D eigenvalue weighted by atomic mass is 35.5. The normalized spacial score (nSPS) is 13.7. The van der Waals surface area contributed by atoms with Gasteiger partial charge in [0, 0.05) is 6.20 Å². The van der Waals surface area contributed by atoms with E-state index in [4.69, 9.17) is 25.8 Å². The van der Waals surface area contributed by atoms with Crippen LogP contribution in [0, 0.1) is 0 Å². The quantitative estimate of drug-likeness (QED) is 0.841. The Kier molecular flexibility index (Phi) is 5.04. The third kappa shape index (κ3) is 4.19. The summed E-state index contributed by atoms with van der Waals surface area (Å²) in [5, 5.41) is 3.00. The molecule has 3 rings (SSSR count). The van der Waals surface area contributed by atoms with Gasteiger partial charge in [-0.3, -0.25) is 4.79 Å². The lowest BCUT2D eigenvalue weighted by Crippen LogP contribution is -2.30. The number of pyridine rings is 1. The first-order valence-electron chi connectivity index (χ1n) is 7.56. The topological polar surface area (TPSA) is 86.8 Å². The van der Waals surface area contributed by atoms with E-state index in [1.54, 1.807) is 24.3 Å². The number of anilines is 1. The minimum absolute atomic E-state index is 0.272. The summed E-state index contributed by atoms with van der Waals surface area (Å²) in [6.07, 6.45) is 0.404. The number of hydrogen-bond donors (Lipinski definition) is 1. The molecule has 0 saturated carbocycles. The van der Waals surface area contributed by atoms with Crippen molar-refractivity contribution in [1.82, 2.24) is 4.98 Å². The molecule has 1 amide bonds. The first-order valence-corrected chi connectivity index (χ1v) is 7.94. The predicted molar refractivity (Wildman–Crippen MR) is 90.2 cm³/mol. The number of halogens is 1. The van der Waals surface area contributed by atoms with E-state index < -0.39 is 18.0 Å². The minimum Gasteiger partial charge on any atom is -0.486 e. The second-order valence-corrected chi connectivity index (χ2v) is 5.69. The van der Waals surface area contributed by atoms with Crippen LogP contribution in [0.5, 0.6) is 11.5 Å². The fourth-order valence-corrected chi connectivity index (χ4v) is 2.24. The van der Waals surface area contributed by atoms with Gasteiger partial charge in [-0.15, -0.1) is 0 Å². The van der Waals surface area contributed by atoms with Gasteiger partial charge >= 0.3 is 5.97 Å². The number of hydrogen-bond acceptors (Lipinski definition) is 6. The molecular weight excluding hydrogens is 348 g/mol. The molecule has 130 valence electrons. The van der Waals surface area contributed by atoms with Gasteiger partial charge in [-0.1, -0.05) is 11.6 Å². The zero-order valence-corrected chi connectivity index (χ0v) is 14.1. The molecule has 7 nitrogen and oxygen atoms in total. The van der Waals surface area contributed by atoms with Crippen molar-refractivity contribution in [1.29, 1.82) is 0 Å². The van der Waals surface area contributed by atoms with Crippen molar-refractivity contribution in [2.45, 2.75) is 13.0 Å². The van der Waals surface area contributed by atoms with Gasteiger partial charge in [0.1, 0.15) is 19.0 Å². The maximum Gasteiger partial charge on any atom is 0.339 e. The van der Waals surface area contributed by atoms with Gasteiger partial charge in [-0.25, -0.2) is 9.78 Å². The van der Waals surface area contributed by atoms with Crippen LogP contribution in [-0.4, -0.2) is 36.2 Å². The summed E-state index contributed by atoms with van der Waals surface area (Å²) < 4.78 is 16.0. The number of carbonyl (C=O) groups excluding carboxylic acids is 2. The summed E-state index contributed by atoms with van der Waals surface area (Å²) >= 11 is 5.73. The van der Waals surface area contributed by atoms with E-state index >= 15 is 0 Å². The fourth-order valence-electron chi connectivity index (χ4n) is 2.13. The van der Waals surface area contributed by atoms with Gasteiger partial charge in [-0.2, -0.15) is 0 Å². The van der Waals surface area contributed by atoms with Crippen LogP contribution in [-0.2, 0) is 9.53 Å². The van der Waals surface area contributed by atoms with Gasteiger partial charge in [-0.05, 0) is 37.3 Å². The third-order valence-corrected chi connectivity index (χ3v) is 3.63. The summed E-state index contributed by atoms with van der Waals surface area (Å²) in [4.78, 5) is 28.3. The first kappa shape index (κ1) is 17.0. The Labute approximate surface area is 148 Å². The first-order chi connectivity index (χ1) is 12.0. The van der Waals surface area contributed by atoms with Crippen molar-refractivity contribution in [2.24, 2.45) is 0 Å². The summed E-state index contributed by atoms with van der Waals surface area (Å²) in [7, 11) is 0. The average Bonchev–Trinajstić information content (AvgIpc) is 2.63. The molecule has 1 atom stereocenters. The van der Waals surface area contributed by atoms with E-state index in [1.165, 1.54) is 19.2 Å². The molecule has 0 aliphatic carbocycles. The van der Waals surface area contributed by atoms with Crippen molar-refractivity contribution in [3.05, 3.63) is 47.1 Å². The Morgan fingerprint density at radius 1 is 1.20 bits per heavy atom. The number of benzene rings is 1. The van der Waals surface area contributed by atoms with E-state index in [0.717, 1.165) is 0 Å². The highest BCUT2D eigenvalue weighted by molar-refractivity contribution is 6.30. The van der Waals surface area contributed by atoms with Crippen LogP contribution in [0.2, 0.25) is 5.02 Å². The zero-order chi connectivity index (χ0) is 17.8. The highest BCUT2D eigenvalue weighted by Crippen LogP contribution is 2.31. The molecule has 0 fully saturated rings. The minimum atomic E-state index is -1.00. The third-order valence-electron chi connectivity index (χ3n) is 3.41. The van der Waals surface area contributed by atoms with Crippen LogP contribution >= 0.6 is 11.6 Å². The average molecular weight is 363 g/mol. The van der Waals surface area contributed by atoms with Gasteiger partial charge in [0.2, 0.25) is 0 Å². The van der Waals surface area contributed by atoms with Gasteiger partial charge in [0.05, 0.1) is 10.6 Å². The van der Waals surface area contributed by atoms with Crippen molar-refractivity contribution in [3.8, 4) is 11.5 Å². The van der Waals surface area contributed by atoms with Crippen molar-refractivity contribution in [3.63, 3.8) is 0 Å². The Morgan fingerprint density at radius 3 is 2.68 bits per heavy atom. The highest BCUT2D eigenvalue weighted by Gasteiger charge is 2.21. The van der Waals surface area contributed by atoms with Gasteiger partial charge in [0.15, 0.2) is 17.6 Å². The molecule has 0 saturated heterocycles. The molecule has 1 N–H and O–H groups in total. The Balaban J connectivity index is 1.61. The number of fused-ring (bicyclic) bond motifs is 1. The molecule has 1 aliphatic heterocycles. The number of nitrogens with one attached hydrogen (secondary N) is 1. The lowest BCUT2D eigenvalue weighted by molar-refractivity contribution is -0.123. The Bertz CT molecular complexity index is 794. The van der Waals surface area contributed by atoms with E-state index in [-0.39, 0.29) is 5.56 Å². The zero-order valence-electron chi connectivity index (χ0n) is 13.3. The van der Waals surface area contributed by atoms with Crippen LogP contribution < -0.4 is 14.8 Å². The molecule has 25 heavy (non-hydrogen) atoms. The molecule has 8 heteroatoms. The van der Waals surface area contributed by atoms with Crippen molar-refractivity contribution in [2.75, 3.05) is 18.5 Å². The van der Waals surface area contributed by atoms with Crippen LogP contribution in [0.15, 0.2) is 36.5 Å². The second-order valence-electron chi connectivity index (χ2n) is 5.26. The second kappa shape index (κ2) is 7.40. The maximum atomic E-state index is 12.2. The largest absolute Gasteiger partial charge is 0.486 e. The number of amides is 1. The number of rotatable bonds is 4. The van der Waals surface area contributed by atoms with Crippen LogP contribution in [0.3, 0.4) is 0 Å². The molecule has 0 unspecified atom stereocenters. The number of ether oxygens (including phenoxy) is 3. The van der Waals surface area contributed by atoms with Crippen molar-refractivity contribution >= 4 is 29.3 Å². The fraction of sp³-hybridized carbons (Fsp3) is 0.235. The van der Waals surface area contributed by atoms with Crippen molar-refractivity contribution < 1.29 is 23.8 Å². The molecular formula is C17H15ClN2O5. The van der Waals surface area contributed by atoms with Crippen LogP contribution in [0.25, 0.3) is 0 Å². The lowest BCUT2D eigenvalue weighted by atomic mass is 10.2. The number of esters is 1. The van der Waals surface area contributed by atoms with Gasteiger partial charge < -0.3 is 19.5 Å². The monoisotopic (exact) mass is 362 g/mol. The van der Waals surface area contributed by atoms with E-state index in [0.29, 0.717) is 35.6 Å². The molecule has 0 bridgehead atoms. The Morgan fingerprint density at radius 2 is 1.96 bits per heavy atom. The van der Waals surface area contributed by atoms with E-state index in [9.17, 15) is 9.59 Å². The molecule has 0 spiro atoms. The SMILES string of the molecule is C[C@@H](OC(=O)c1ccc2c(c1)OCCO2)C(=O)Nc1ccc(Cl)cn1. The van der Waals surface area contributed by atoms with E-state index in [1.807, 2.05) is 0 Å². The maximum absolute atomic E-state index is 12.2. The molecule has 1 aromatic heterocycles. The smallest absolute Gasteiger partial charge is 0.339 e. The number of aromatic nitrogens is 1. The summed E-state index contributed by atoms with van der Waals surface area (Å²) in [5.41, 5.74) is 0.272. The Hall–Kier alpha value is -2.80. The molecule has 2 aromatic rings. The number of carbonyl (C=O) groups is 2. The summed E-state index contributed by atoms with van der Waals surface area (Å²) in [5.74, 6) is 0.228. The molecule has 1 aliphatic rings. The van der Waals surface area contributed by atoms with Crippen LogP contribution in [0.4, 0.5) is 5.82 Å². The number of nitrogens with zero attached hydrogens (tertiary/aromatic N) is 1. The lowest BCUT2D eigenvalue weighted by Gasteiger charge is -2.19. The predicted octanol–water partition coefficient (Wildman–Crippen LogP) is 2.69. The molecule has 1 aromatic carbocycles. The summed E-state index contributed by atoms with van der Waals surface area (Å²) in [6, 6.07) is 7.86. The van der Waals surface area contributed by atoms with Gasteiger partial charge in [0.25, 0.3) is 5.91 Å². The summed E-state index contributed by atoms with van der Waals surface area (Å²) in [6.45, 7) is 2.35.